The maximum atomic E-state index is 12.2. The lowest BCUT2D eigenvalue weighted by Crippen LogP contribution is -2.00. The molecule has 0 amide bonds. The lowest BCUT2D eigenvalue weighted by molar-refractivity contribution is 0.585. The minimum absolute atomic E-state index is 0.266. The Morgan fingerprint density at radius 1 is 1.21 bits per heavy atom. The van der Waals surface area contributed by atoms with Crippen molar-refractivity contribution >= 4 is 7.80 Å². The SMILES string of the molecule is O=[PH](C1=CC=CCC1)C1C=CC=CC1. The number of allylic oxidation sites excluding steroid dienone is 8. The number of hydrogen-bond acceptors (Lipinski definition) is 1. The lowest BCUT2D eigenvalue weighted by Gasteiger charge is -2.16. The Balaban J connectivity index is 2.07. The molecule has 0 spiro atoms. The molecule has 74 valence electrons. The van der Waals surface area contributed by atoms with Crippen molar-refractivity contribution in [3.63, 3.8) is 0 Å². The second-order valence-electron chi connectivity index (χ2n) is 3.68. The molecule has 0 aromatic rings. The second-order valence-corrected chi connectivity index (χ2v) is 5.79. The molecule has 2 aliphatic rings. The Kier molecular flexibility index (Phi) is 3.21. The van der Waals surface area contributed by atoms with Crippen LogP contribution in [0, 0.1) is 0 Å². The summed E-state index contributed by atoms with van der Waals surface area (Å²) in [5.41, 5.74) is 0.266. The van der Waals surface area contributed by atoms with Gasteiger partial charge in [-0.2, -0.15) is 0 Å². The van der Waals surface area contributed by atoms with Crippen molar-refractivity contribution in [1.82, 2.24) is 0 Å². The van der Waals surface area contributed by atoms with Crippen molar-refractivity contribution in [3.05, 3.63) is 47.8 Å². The summed E-state index contributed by atoms with van der Waals surface area (Å²) in [5.74, 6) is 0. The largest absolute Gasteiger partial charge is 0.322 e. The molecule has 2 heteroatoms. The smallest absolute Gasteiger partial charge is 0.107 e. The van der Waals surface area contributed by atoms with Gasteiger partial charge >= 0.3 is 0 Å². The minimum atomic E-state index is -1.57. The Morgan fingerprint density at radius 3 is 2.79 bits per heavy atom. The molecule has 0 N–H and O–H groups in total. The van der Waals surface area contributed by atoms with Crippen molar-refractivity contribution in [1.29, 1.82) is 0 Å². The molecule has 0 radical (unpaired) electrons. The Labute approximate surface area is 85.7 Å². The van der Waals surface area contributed by atoms with Gasteiger partial charge < -0.3 is 4.57 Å². The fraction of sp³-hybridized carbons (Fsp3) is 0.333. The van der Waals surface area contributed by atoms with Gasteiger partial charge in [-0.25, -0.2) is 0 Å². The average molecular weight is 206 g/mol. The monoisotopic (exact) mass is 206 g/mol. The van der Waals surface area contributed by atoms with Crippen molar-refractivity contribution in [2.75, 3.05) is 0 Å². The zero-order valence-electron chi connectivity index (χ0n) is 8.15. The maximum absolute atomic E-state index is 12.2. The first-order valence-corrected chi connectivity index (χ1v) is 6.60. The van der Waals surface area contributed by atoms with E-state index < -0.39 is 7.80 Å². The summed E-state index contributed by atoms with van der Waals surface area (Å²) in [4.78, 5) is 0. The summed E-state index contributed by atoms with van der Waals surface area (Å²) in [6.07, 6.45) is 17.4. The van der Waals surface area contributed by atoms with E-state index in [4.69, 9.17) is 0 Å². The van der Waals surface area contributed by atoms with Crippen molar-refractivity contribution in [2.24, 2.45) is 0 Å². The van der Waals surface area contributed by atoms with Gasteiger partial charge in [-0.05, 0) is 24.6 Å². The van der Waals surface area contributed by atoms with Gasteiger partial charge in [0, 0.05) is 5.66 Å². The Morgan fingerprint density at radius 2 is 2.14 bits per heavy atom. The summed E-state index contributed by atoms with van der Waals surface area (Å²) in [7, 11) is -1.57. The first-order chi connectivity index (χ1) is 6.88. The summed E-state index contributed by atoms with van der Waals surface area (Å²) < 4.78 is 12.2. The molecular weight excluding hydrogens is 191 g/mol. The van der Waals surface area contributed by atoms with Crippen LogP contribution in [0.2, 0.25) is 0 Å². The van der Waals surface area contributed by atoms with Crippen LogP contribution in [-0.4, -0.2) is 5.66 Å². The predicted molar refractivity (Wildman–Crippen MR) is 62.1 cm³/mol. The number of rotatable bonds is 2. The topological polar surface area (TPSA) is 17.1 Å². The van der Waals surface area contributed by atoms with Crippen LogP contribution >= 0.6 is 7.80 Å². The minimum Gasteiger partial charge on any atom is -0.322 e. The molecule has 14 heavy (non-hydrogen) atoms. The summed E-state index contributed by atoms with van der Waals surface area (Å²) in [5, 5.41) is 1.17. The molecule has 0 fully saturated rings. The molecule has 2 atom stereocenters. The molecule has 1 nitrogen and oxygen atoms in total. The standard InChI is InChI=1S/C12H15OP/c13-14(11-7-3-1-4-8-11)12-9-5-2-6-10-12/h1-5,7,9,11,14H,6,8,10H2. The van der Waals surface area contributed by atoms with Crippen LogP contribution in [-0.2, 0) is 4.57 Å². The normalized spacial score (nSPS) is 27.4. The quantitative estimate of drug-likeness (QED) is 0.630. The second kappa shape index (κ2) is 4.61. The molecule has 0 heterocycles. The van der Waals surface area contributed by atoms with Crippen molar-refractivity contribution < 1.29 is 4.57 Å². The molecular formula is C12H15OP. The third-order valence-electron chi connectivity index (χ3n) is 2.65. The van der Waals surface area contributed by atoms with E-state index in [2.05, 4.69) is 18.2 Å². The van der Waals surface area contributed by atoms with Gasteiger partial charge in [0.1, 0.15) is 7.80 Å². The van der Waals surface area contributed by atoms with E-state index in [1.165, 1.54) is 5.31 Å². The predicted octanol–water partition coefficient (Wildman–Crippen LogP) is 3.66. The molecule has 0 saturated heterocycles. The maximum Gasteiger partial charge on any atom is 0.107 e. The molecule has 2 unspecified atom stereocenters. The zero-order valence-corrected chi connectivity index (χ0v) is 9.15. The van der Waals surface area contributed by atoms with Gasteiger partial charge in [0.2, 0.25) is 0 Å². The van der Waals surface area contributed by atoms with E-state index in [-0.39, 0.29) is 5.66 Å². The highest BCUT2D eigenvalue weighted by atomic mass is 31.1. The van der Waals surface area contributed by atoms with Crippen molar-refractivity contribution in [3.8, 4) is 0 Å². The van der Waals surface area contributed by atoms with E-state index in [0.717, 1.165) is 19.3 Å². The average Bonchev–Trinajstić information content (AvgIpc) is 2.30. The fourth-order valence-corrected chi connectivity index (χ4v) is 3.58. The highest BCUT2D eigenvalue weighted by Gasteiger charge is 2.17. The van der Waals surface area contributed by atoms with Gasteiger partial charge in [-0.3, -0.25) is 0 Å². The van der Waals surface area contributed by atoms with E-state index in [1.807, 2.05) is 24.3 Å². The molecule has 2 rings (SSSR count). The van der Waals surface area contributed by atoms with Crippen LogP contribution in [0.1, 0.15) is 19.3 Å². The van der Waals surface area contributed by atoms with Gasteiger partial charge in [-0.15, -0.1) is 0 Å². The van der Waals surface area contributed by atoms with Crippen LogP contribution in [0.3, 0.4) is 0 Å². The van der Waals surface area contributed by atoms with E-state index in [0.29, 0.717) is 0 Å². The van der Waals surface area contributed by atoms with E-state index >= 15 is 0 Å². The first kappa shape index (κ1) is 9.73. The third-order valence-corrected chi connectivity index (χ3v) is 4.80. The van der Waals surface area contributed by atoms with E-state index in [9.17, 15) is 4.57 Å². The highest BCUT2D eigenvalue weighted by Crippen LogP contribution is 2.44. The van der Waals surface area contributed by atoms with Crippen LogP contribution in [0.25, 0.3) is 0 Å². The van der Waals surface area contributed by atoms with Crippen LogP contribution < -0.4 is 0 Å². The molecule has 0 aliphatic heterocycles. The molecule has 0 saturated carbocycles. The molecule has 0 aromatic heterocycles. The van der Waals surface area contributed by atoms with Crippen LogP contribution in [0.4, 0.5) is 0 Å². The summed E-state index contributed by atoms with van der Waals surface area (Å²) in [6.45, 7) is 0. The third kappa shape index (κ3) is 2.16. The van der Waals surface area contributed by atoms with Crippen molar-refractivity contribution in [2.45, 2.75) is 24.9 Å². The van der Waals surface area contributed by atoms with Gasteiger partial charge in [0.25, 0.3) is 0 Å². The number of hydrogen-bond donors (Lipinski definition) is 0. The van der Waals surface area contributed by atoms with Gasteiger partial charge in [0.15, 0.2) is 0 Å². The van der Waals surface area contributed by atoms with Crippen LogP contribution in [0.15, 0.2) is 47.8 Å². The molecule has 2 aliphatic carbocycles. The Hall–Kier alpha value is -0.810. The highest BCUT2D eigenvalue weighted by molar-refractivity contribution is 7.50. The van der Waals surface area contributed by atoms with Crippen LogP contribution in [0.5, 0.6) is 0 Å². The molecule has 0 aromatic carbocycles. The zero-order chi connectivity index (χ0) is 9.80. The van der Waals surface area contributed by atoms with Gasteiger partial charge in [-0.1, -0.05) is 42.5 Å². The van der Waals surface area contributed by atoms with E-state index in [1.54, 1.807) is 0 Å². The Bertz CT molecular complexity index is 347. The molecule has 0 bridgehead atoms. The van der Waals surface area contributed by atoms with Gasteiger partial charge in [0.05, 0.1) is 0 Å². The summed E-state index contributed by atoms with van der Waals surface area (Å²) in [6, 6.07) is 0. The lowest BCUT2D eigenvalue weighted by atomic mass is 10.2. The first-order valence-electron chi connectivity index (χ1n) is 5.11. The summed E-state index contributed by atoms with van der Waals surface area (Å²) >= 11 is 0. The fourth-order valence-electron chi connectivity index (χ4n) is 1.82.